The quantitative estimate of drug-likeness (QED) is 0.921. The lowest BCUT2D eigenvalue weighted by Crippen LogP contribution is -2.25. The molecule has 0 atom stereocenters. The average Bonchev–Trinajstić information content (AvgIpc) is 2.68. The SMILES string of the molecule is CC(C)(C)n1nc(Cc2ccc(Cl)cc2)c(C#N)c1N. The molecule has 0 aliphatic carbocycles. The minimum atomic E-state index is -0.256. The standard InChI is InChI=1S/C15H17ClN4/c1-15(2,3)20-14(18)12(9-17)13(19-20)8-10-4-6-11(16)7-5-10/h4-7H,8,18H2,1-3H3. The number of benzene rings is 1. The summed E-state index contributed by atoms with van der Waals surface area (Å²) in [5.74, 6) is 0.420. The molecule has 0 fully saturated rings. The fourth-order valence-corrected chi connectivity index (χ4v) is 2.16. The summed E-state index contributed by atoms with van der Waals surface area (Å²) in [5, 5.41) is 14.5. The van der Waals surface area contributed by atoms with E-state index in [2.05, 4.69) is 11.2 Å². The molecule has 0 unspecified atom stereocenters. The zero-order valence-electron chi connectivity index (χ0n) is 11.8. The molecular formula is C15H17ClN4. The van der Waals surface area contributed by atoms with Crippen molar-refractivity contribution in [2.24, 2.45) is 0 Å². The van der Waals surface area contributed by atoms with E-state index in [0.29, 0.717) is 28.5 Å². The Kier molecular flexibility index (Phi) is 3.74. The van der Waals surface area contributed by atoms with Crippen molar-refractivity contribution in [3.63, 3.8) is 0 Å². The van der Waals surface area contributed by atoms with Crippen molar-refractivity contribution >= 4 is 17.4 Å². The van der Waals surface area contributed by atoms with Crippen LogP contribution < -0.4 is 5.73 Å². The van der Waals surface area contributed by atoms with Crippen LogP contribution in [0, 0.1) is 11.3 Å². The summed E-state index contributed by atoms with van der Waals surface area (Å²) in [7, 11) is 0. The van der Waals surface area contributed by atoms with Gasteiger partial charge in [-0.05, 0) is 38.5 Å². The average molecular weight is 289 g/mol. The predicted octanol–water partition coefficient (Wildman–Crippen LogP) is 3.34. The van der Waals surface area contributed by atoms with E-state index in [1.165, 1.54) is 0 Å². The number of halogens is 1. The molecule has 1 aromatic heterocycles. The van der Waals surface area contributed by atoms with Crippen LogP contribution in [-0.2, 0) is 12.0 Å². The second-order valence-electron chi connectivity index (χ2n) is 5.70. The van der Waals surface area contributed by atoms with Crippen molar-refractivity contribution in [2.45, 2.75) is 32.7 Å². The van der Waals surface area contributed by atoms with Crippen LogP contribution in [0.15, 0.2) is 24.3 Å². The van der Waals surface area contributed by atoms with Gasteiger partial charge in [0.2, 0.25) is 0 Å². The Bertz CT molecular complexity index is 657. The molecule has 0 radical (unpaired) electrons. The van der Waals surface area contributed by atoms with Crippen molar-refractivity contribution in [1.29, 1.82) is 5.26 Å². The van der Waals surface area contributed by atoms with Gasteiger partial charge in [0, 0.05) is 11.4 Å². The molecule has 0 aliphatic rings. The molecule has 0 saturated carbocycles. The minimum absolute atomic E-state index is 0.256. The lowest BCUT2D eigenvalue weighted by molar-refractivity contribution is 0.359. The number of rotatable bonds is 2. The highest BCUT2D eigenvalue weighted by Gasteiger charge is 2.23. The molecule has 2 aromatic rings. The van der Waals surface area contributed by atoms with Gasteiger partial charge < -0.3 is 5.73 Å². The monoisotopic (exact) mass is 288 g/mol. The smallest absolute Gasteiger partial charge is 0.140 e. The van der Waals surface area contributed by atoms with Crippen molar-refractivity contribution in [2.75, 3.05) is 5.73 Å². The van der Waals surface area contributed by atoms with Gasteiger partial charge >= 0.3 is 0 Å². The largest absolute Gasteiger partial charge is 0.383 e. The summed E-state index contributed by atoms with van der Waals surface area (Å²) in [4.78, 5) is 0. The number of nitrogens with zero attached hydrogens (tertiary/aromatic N) is 3. The van der Waals surface area contributed by atoms with Crippen LogP contribution in [0.1, 0.15) is 37.6 Å². The van der Waals surface area contributed by atoms with E-state index < -0.39 is 0 Å². The van der Waals surface area contributed by atoms with E-state index in [0.717, 1.165) is 5.56 Å². The Morgan fingerprint density at radius 3 is 2.40 bits per heavy atom. The van der Waals surface area contributed by atoms with Crippen LogP contribution in [0.25, 0.3) is 0 Å². The summed E-state index contributed by atoms with van der Waals surface area (Å²) in [5.41, 5.74) is 7.98. The highest BCUT2D eigenvalue weighted by Crippen LogP contribution is 2.25. The summed E-state index contributed by atoms with van der Waals surface area (Å²) in [6, 6.07) is 9.66. The van der Waals surface area contributed by atoms with Gasteiger partial charge in [-0.3, -0.25) is 0 Å². The van der Waals surface area contributed by atoms with Gasteiger partial charge in [-0.1, -0.05) is 23.7 Å². The summed E-state index contributed by atoms with van der Waals surface area (Å²) in [6.45, 7) is 6.01. The number of hydrogen-bond acceptors (Lipinski definition) is 3. The zero-order chi connectivity index (χ0) is 14.9. The normalized spacial score (nSPS) is 11.3. The fourth-order valence-electron chi connectivity index (χ4n) is 2.03. The lowest BCUT2D eigenvalue weighted by atomic mass is 10.1. The third kappa shape index (κ3) is 2.78. The molecular weight excluding hydrogens is 272 g/mol. The maximum atomic E-state index is 9.30. The molecule has 5 heteroatoms. The number of aromatic nitrogens is 2. The van der Waals surface area contributed by atoms with Crippen molar-refractivity contribution in [3.05, 3.63) is 46.1 Å². The molecule has 0 bridgehead atoms. The van der Waals surface area contributed by atoms with E-state index >= 15 is 0 Å². The first-order chi connectivity index (χ1) is 9.32. The Morgan fingerprint density at radius 2 is 1.90 bits per heavy atom. The van der Waals surface area contributed by atoms with E-state index in [4.69, 9.17) is 17.3 Å². The molecule has 1 heterocycles. The summed E-state index contributed by atoms with van der Waals surface area (Å²) >= 11 is 5.87. The lowest BCUT2D eigenvalue weighted by Gasteiger charge is -2.20. The number of nitrogens with two attached hydrogens (primary N) is 1. The Balaban J connectivity index is 2.42. The first kappa shape index (κ1) is 14.4. The van der Waals surface area contributed by atoms with Crippen molar-refractivity contribution < 1.29 is 0 Å². The van der Waals surface area contributed by atoms with Crippen LogP contribution in [0.2, 0.25) is 5.02 Å². The number of anilines is 1. The van der Waals surface area contributed by atoms with Gasteiger partial charge in [-0.15, -0.1) is 0 Å². The van der Waals surface area contributed by atoms with Gasteiger partial charge in [-0.2, -0.15) is 10.4 Å². The zero-order valence-corrected chi connectivity index (χ0v) is 12.6. The topological polar surface area (TPSA) is 67.6 Å². The van der Waals surface area contributed by atoms with E-state index in [1.807, 2.05) is 45.0 Å². The van der Waals surface area contributed by atoms with Crippen LogP contribution in [-0.4, -0.2) is 9.78 Å². The van der Waals surface area contributed by atoms with Crippen LogP contribution in [0.5, 0.6) is 0 Å². The molecule has 4 nitrogen and oxygen atoms in total. The third-order valence-corrected chi connectivity index (χ3v) is 3.28. The minimum Gasteiger partial charge on any atom is -0.383 e. The van der Waals surface area contributed by atoms with Gasteiger partial charge in [0.25, 0.3) is 0 Å². The molecule has 104 valence electrons. The molecule has 0 spiro atoms. The first-order valence-electron chi connectivity index (χ1n) is 6.35. The predicted molar refractivity (Wildman–Crippen MR) is 80.6 cm³/mol. The Hall–Kier alpha value is -1.99. The van der Waals surface area contributed by atoms with Gasteiger partial charge in [0.1, 0.15) is 17.5 Å². The van der Waals surface area contributed by atoms with E-state index in [9.17, 15) is 5.26 Å². The van der Waals surface area contributed by atoms with Gasteiger partial charge in [0.05, 0.1) is 11.2 Å². The third-order valence-electron chi connectivity index (χ3n) is 3.03. The Labute approximate surface area is 123 Å². The molecule has 0 saturated heterocycles. The molecule has 0 amide bonds. The Morgan fingerprint density at radius 1 is 1.30 bits per heavy atom. The molecule has 20 heavy (non-hydrogen) atoms. The van der Waals surface area contributed by atoms with E-state index in [1.54, 1.807) is 4.68 Å². The number of nitriles is 1. The van der Waals surface area contributed by atoms with Crippen LogP contribution in [0.4, 0.5) is 5.82 Å². The highest BCUT2D eigenvalue weighted by molar-refractivity contribution is 6.30. The molecule has 1 aromatic carbocycles. The van der Waals surface area contributed by atoms with Crippen molar-refractivity contribution in [3.8, 4) is 6.07 Å². The van der Waals surface area contributed by atoms with Crippen molar-refractivity contribution in [1.82, 2.24) is 9.78 Å². The maximum absolute atomic E-state index is 9.30. The molecule has 0 aliphatic heterocycles. The van der Waals surface area contributed by atoms with Crippen LogP contribution >= 0.6 is 11.6 Å². The fraction of sp³-hybridized carbons (Fsp3) is 0.333. The second kappa shape index (κ2) is 5.18. The first-order valence-corrected chi connectivity index (χ1v) is 6.73. The van der Waals surface area contributed by atoms with Gasteiger partial charge in [-0.25, -0.2) is 4.68 Å². The second-order valence-corrected chi connectivity index (χ2v) is 6.14. The van der Waals surface area contributed by atoms with Crippen LogP contribution in [0.3, 0.4) is 0 Å². The summed E-state index contributed by atoms with van der Waals surface area (Å²) < 4.78 is 1.71. The van der Waals surface area contributed by atoms with Gasteiger partial charge in [0.15, 0.2) is 0 Å². The highest BCUT2D eigenvalue weighted by atomic mass is 35.5. The number of hydrogen-bond donors (Lipinski definition) is 1. The number of nitrogen functional groups attached to an aromatic ring is 1. The molecule has 2 rings (SSSR count). The molecule has 2 N–H and O–H groups in total. The van der Waals surface area contributed by atoms with E-state index in [-0.39, 0.29) is 5.54 Å². The summed E-state index contributed by atoms with van der Waals surface area (Å²) in [6.07, 6.45) is 0.563. The maximum Gasteiger partial charge on any atom is 0.140 e.